The van der Waals surface area contributed by atoms with Crippen LogP contribution in [0.15, 0.2) is 29.2 Å². The van der Waals surface area contributed by atoms with Crippen LogP contribution in [0, 0.1) is 5.41 Å². The number of hydrogen-bond donors (Lipinski definition) is 1. The van der Waals surface area contributed by atoms with Gasteiger partial charge in [-0.3, -0.25) is 0 Å². The lowest BCUT2D eigenvalue weighted by atomic mass is 9.91. The van der Waals surface area contributed by atoms with Gasteiger partial charge in [0.2, 0.25) is 0 Å². The maximum absolute atomic E-state index is 12.8. The van der Waals surface area contributed by atoms with Crippen LogP contribution in [0.4, 0.5) is 13.2 Å². The van der Waals surface area contributed by atoms with E-state index in [1.807, 2.05) is 0 Å². The summed E-state index contributed by atoms with van der Waals surface area (Å²) in [5.41, 5.74) is 3.95. The van der Waals surface area contributed by atoms with Gasteiger partial charge in [-0.05, 0) is 30.5 Å². The Morgan fingerprint density at radius 3 is 2.20 bits per heavy atom. The van der Waals surface area contributed by atoms with Crippen LogP contribution in [0.2, 0.25) is 0 Å². The third-order valence-corrected chi connectivity index (χ3v) is 4.90. The van der Waals surface area contributed by atoms with E-state index < -0.39 is 31.9 Å². The zero-order chi connectivity index (χ0) is 15.6. The van der Waals surface area contributed by atoms with E-state index in [1.54, 1.807) is 13.8 Å². The summed E-state index contributed by atoms with van der Waals surface area (Å²) in [6.45, 7) is 3.82. The highest BCUT2D eigenvalue weighted by molar-refractivity contribution is 7.91. The zero-order valence-corrected chi connectivity index (χ0v) is 12.2. The van der Waals surface area contributed by atoms with E-state index in [9.17, 15) is 21.6 Å². The van der Waals surface area contributed by atoms with Gasteiger partial charge in [0.05, 0.1) is 16.2 Å². The van der Waals surface area contributed by atoms with E-state index in [1.165, 1.54) is 12.1 Å². The average Bonchev–Trinajstić information content (AvgIpc) is 2.36. The Hall–Kier alpha value is -1.08. The number of rotatable bonds is 5. The van der Waals surface area contributed by atoms with Gasteiger partial charge >= 0.3 is 6.18 Å². The molecule has 1 aromatic rings. The quantitative estimate of drug-likeness (QED) is 0.910. The van der Waals surface area contributed by atoms with Crippen molar-refractivity contribution in [3.63, 3.8) is 0 Å². The Bertz CT molecular complexity index is 565. The number of sulfone groups is 1. The monoisotopic (exact) mass is 309 g/mol. The molecule has 0 unspecified atom stereocenters. The van der Waals surface area contributed by atoms with E-state index in [-0.39, 0.29) is 18.7 Å². The molecule has 20 heavy (non-hydrogen) atoms. The van der Waals surface area contributed by atoms with Gasteiger partial charge in [-0.25, -0.2) is 8.42 Å². The van der Waals surface area contributed by atoms with Crippen molar-refractivity contribution in [3.05, 3.63) is 29.8 Å². The van der Waals surface area contributed by atoms with E-state index in [4.69, 9.17) is 5.73 Å². The standard InChI is InChI=1S/C13H18F3NO2S/c1-12(2,9-17)7-8-20(18,19)11-6-4-3-5-10(11)13(14,15)16/h3-6H,7-9,17H2,1-2H3. The predicted octanol–water partition coefficient (Wildman–Crippen LogP) is 2.85. The first-order valence-corrected chi connectivity index (χ1v) is 7.74. The van der Waals surface area contributed by atoms with Crippen molar-refractivity contribution >= 4 is 9.84 Å². The smallest absolute Gasteiger partial charge is 0.330 e. The van der Waals surface area contributed by atoms with Crippen molar-refractivity contribution in [2.45, 2.75) is 31.3 Å². The van der Waals surface area contributed by atoms with Gasteiger partial charge in [-0.1, -0.05) is 26.0 Å². The lowest BCUT2D eigenvalue weighted by Gasteiger charge is -2.22. The molecule has 0 aliphatic carbocycles. The number of nitrogens with two attached hydrogens (primary N) is 1. The zero-order valence-electron chi connectivity index (χ0n) is 11.4. The minimum Gasteiger partial charge on any atom is -0.330 e. The Labute approximate surface area is 116 Å². The van der Waals surface area contributed by atoms with E-state index >= 15 is 0 Å². The third kappa shape index (κ3) is 4.21. The molecule has 0 aliphatic heterocycles. The van der Waals surface area contributed by atoms with Crippen LogP contribution in [0.25, 0.3) is 0 Å². The Morgan fingerprint density at radius 2 is 1.70 bits per heavy atom. The molecule has 0 fully saturated rings. The summed E-state index contributed by atoms with van der Waals surface area (Å²) in [5, 5.41) is 0. The minimum atomic E-state index is -4.69. The number of alkyl halides is 3. The summed E-state index contributed by atoms with van der Waals surface area (Å²) < 4.78 is 62.7. The van der Waals surface area contributed by atoms with Crippen LogP contribution in [-0.4, -0.2) is 20.7 Å². The highest BCUT2D eigenvalue weighted by Crippen LogP contribution is 2.35. The largest absolute Gasteiger partial charge is 0.417 e. The summed E-state index contributed by atoms with van der Waals surface area (Å²) in [5.74, 6) is -0.357. The summed E-state index contributed by atoms with van der Waals surface area (Å²) in [6.07, 6.45) is -4.48. The van der Waals surface area contributed by atoms with Gasteiger partial charge in [0.1, 0.15) is 0 Å². The molecule has 114 valence electrons. The van der Waals surface area contributed by atoms with Crippen LogP contribution in [0.3, 0.4) is 0 Å². The third-order valence-electron chi connectivity index (χ3n) is 3.13. The van der Waals surface area contributed by atoms with Crippen molar-refractivity contribution in [1.29, 1.82) is 0 Å². The summed E-state index contributed by atoms with van der Waals surface area (Å²) in [7, 11) is -3.99. The maximum atomic E-state index is 12.8. The van der Waals surface area contributed by atoms with Gasteiger partial charge in [-0.2, -0.15) is 13.2 Å². The van der Waals surface area contributed by atoms with Crippen LogP contribution in [-0.2, 0) is 16.0 Å². The van der Waals surface area contributed by atoms with Crippen molar-refractivity contribution in [1.82, 2.24) is 0 Å². The normalized spacial score (nSPS) is 13.5. The second kappa shape index (κ2) is 5.73. The Morgan fingerprint density at radius 1 is 1.15 bits per heavy atom. The maximum Gasteiger partial charge on any atom is 0.417 e. The van der Waals surface area contributed by atoms with E-state index in [0.717, 1.165) is 12.1 Å². The van der Waals surface area contributed by atoms with Crippen molar-refractivity contribution in [2.24, 2.45) is 11.1 Å². The SMILES string of the molecule is CC(C)(CN)CCS(=O)(=O)c1ccccc1C(F)(F)F. The van der Waals surface area contributed by atoms with Crippen LogP contribution in [0.1, 0.15) is 25.8 Å². The van der Waals surface area contributed by atoms with Crippen LogP contribution < -0.4 is 5.73 Å². The molecule has 1 aromatic carbocycles. The first-order chi connectivity index (χ1) is 8.99. The molecule has 0 bridgehead atoms. The van der Waals surface area contributed by atoms with Gasteiger partial charge < -0.3 is 5.73 Å². The fourth-order valence-electron chi connectivity index (χ4n) is 1.59. The fourth-order valence-corrected chi connectivity index (χ4v) is 3.44. The topological polar surface area (TPSA) is 60.2 Å². The molecule has 0 heterocycles. The summed E-state index contributed by atoms with van der Waals surface area (Å²) in [6, 6.07) is 4.23. The molecule has 0 aromatic heterocycles. The van der Waals surface area contributed by atoms with Crippen LogP contribution >= 0.6 is 0 Å². The van der Waals surface area contributed by atoms with Crippen molar-refractivity contribution in [3.8, 4) is 0 Å². The summed E-state index contributed by atoms with van der Waals surface area (Å²) in [4.78, 5) is -0.666. The van der Waals surface area contributed by atoms with Gasteiger partial charge in [0, 0.05) is 0 Å². The van der Waals surface area contributed by atoms with Crippen LogP contribution in [0.5, 0.6) is 0 Å². The van der Waals surface area contributed by atoms with E-state index in [0.29, 0.717) is 0 Å². The number of halogens is 3. The van der Waals surface area contributed by atoms with Gasteiger partial charge in [0.15, 0.2) is 9.84 Å². The first kappa shape index (κ1) is 17.0. The lowest BCUT2D eigenvalue weighted by molar-refractivity contribution is -0.139. The number of hydrogen-bond acceptors (Lipinski definition) is 3. The molecule has 0 saturated heterocycles. The molecule has 0 radical (unpaired) electrons. The first-order valence-electron chi connectivity index (χ1n) is 6.09. The molecule has 3 nitrogen and oxygen atoms in total. The molecule has 1 rings (SSSR count). The van der Waals surface area contributed by atoms with Crippen molar-refractivity contribution in [2.75, 3.05) is 12.3 Å². The molecule has 0 amide bonds. The molecule has 0 spiro atoms. The number of benzene rings is 1. The minimum absolute atomic E-state index is 0.206. The average molecular weight is 309 g/mol. The highest BCUT2D eigenvalue weighted by atomic mass is 32.2. The molecule has 0 aliphatic rings. The predicted molar refractivity (Wildman–Crippen MR) is 70.9 cm³/mol. The second-order valence-electron chi connectivity index (χ2n) is 5.43. The summed E-state index contributed by atoms with van der Waals surface area (Å²) >= 11 is 0. The lowest BCUT2D eigenvalue weighted by Crippen LogP contribution is -2.27. The molecule has 0 atom stereocenters. The molecule has 2 N–H and O–H groups in total. The molecular weight excluding hydrogens is 291 g/mol. The van der Waals surface area contributed by atoms with Crippen molar-refractivity contribution < 1.29 is 21.6 Å². The van der Waals surface area contributed by atoms with Gasteiger partial charge in [0.25, 0.3) is 0 Å². The second-order valence-corrected chi connectivity index (χ2v) is 7.51. The van der Waals surface area contributed by atoms with Gasteiger partial charge in [-0.15, -0.1) is 0 Å². The Kier molecular flexibility index (Phi) is 4.86. The highest BCUT2D eigenvalue weighted by Gasteiger charge is 2.37. The van der Waals surface area contributed by atoms with E-state index in [2.05, 4.69) is 0 Å². The molecular formula is C13H18F3NO2S. The fraction of sp³-hybridized carbons (Fsp3) is 0.538. The molecule has 7 heteroatoms. The Balaban J connectivity index is 3.12. The molecule has 0 saturated carbocycles.